The third-order valence-electron chi connectivity index (χ3n) is 7.34. The molecular formula is C23H32N2O4S. The summed E-state index contributed by atoms with van der Waals surface area (Å²) in [5.41, 5.74) is 0.660. The van der Waals surface area contributed by atoms with Crippen LogP contribution in [-0.4, -0.2) is 33.0 Å². The highest BCUT2D eigenvalue weighted by Gasteiger charge is 2.54. The second kappa shape index (κ2) is 7.98. The first kappa shape index (κ1) is 21.3. The Hall–Kier alpha value is -1.89. The average molecular weight is 433 g/mol. The lowest BCUT2D eigenvalue weighted by atomic mass is 9.49. The standard InChI is InChI=1S/C23H32N2O4S/c1-15(19-3-5-20(6-4-19)30(2,28)29)25-21(26)7-8-24-22(27)23-12-16-9-17(13-23)11-18(10-16)14-23/h3-6,15-18H,7-14H2,1-2H3,(H,24,27)(H,25,26)/t15-,16?,17?,18?,23?/m1/s1. The Morgan fingerprint density at radius 2 is 1.57 bits per heavy atom. The van der Waals surface area contributed by atoms with Crippen LogP contribution in [0, 0.1) is 23.2 Å². The van der Waals surface area contributed by atoms with Gasteiger partial charge in [0.15, 0.2) is 9.84 Å². The van der Waals surface area contributed by atoms with Gasteiger partial charge in [-0.25, -0.2) is 8.42 Å². The third-order valence-corrected chi connectivity index (χ3v) is 8.47. The molecule has 6 nitrogen and oxygen atoms in total. The minimum Gasteiger partial charge on any atom is -0.355 e. The maximum atomic E-state index is 12.9. The quantitative estimate of drug-likeness (QED) is 0.693. The first-order chi connectivity index (χ1) is 14.1. The van der Waals surface area contributed by atoms with Crippen molar-refractivity contribution in [2.24, 2.45) is 23.2 Å². The van der Waals surface area contributed by atoms with Gasteiger partial charge in [-0.05, 0) is 80.9 Å². The fourth-order valence-corrected chi connectivity index (χ4v) is 6.90. The van der Waals surface area contributed by atoms with Crippen molar-refractivity contribution in [2.75, 3.05) is 12.8 Å². The Morgan fingerprint density at radius 1 is 1.03 bits per heavy atom. The lowest BCUT2D eigenvalue weighted by Gasteiger charge is -2.55. The van der Waals surface area contributed by atoms with E-state index in [2.05, 4.69) is 10.6 Å². The molecule has 1 aromatic carbocycles. The number of carbonyl (C=O) groups excluding carboxylic acids is 2. The van der Waals surface area contributed by atoms with Crippen LogP contribution in [0.5, 0.6) is 0 Å². The van der Waals surface area contributed by atoms with Gasteiger partial charge in [0.1, 0.15) is 0 Å². The topological polar surface area (TPSA) is 92.3 Å². The summed E-state index contributed by atoms with van der Waals surface area (Å²) in [6, 6.07) is 6.31. The van der Waals surface area contributed by atoms with Crippen LogP contribution in [0.3, 0.4) is 0 Å². The summed E-state index contributed by atoms with van der Waals surface area (Å²) in [5, 5.41) is 5.97. The molecule has 7 heteroatoms. The monoisotopic (exact) mass is 432 g/mol. The van der Waals surface area contributed by atoms with Crippen molar-refractivity contribution in [3.8, 4) is 0 Å². The molecule has 0 spiro atoms. The highest BCUT2D eigenvalue weighted by atomic mass is 32.2. The van der Waals surface area contributed by atoms with Crippen molar-refractivity contribution in [1.82, 2.24) is 10.6 Å². The number of hydrogen-bond acceptors (Lipinski definition) is 4. The van der Waals surface area contributed by atoms with Crippen LogP contribution < -0.4 is 10.6 Å². The van der Waals surface area contributed by atoms with Gasteiger partial charge in [-0.2, -0.15) is 0 Å². The van der Waals surface area contributed by atoms with E-state index in [1.165, 1.54) is 25.5 Å². The fraction of sp³-hybridized carbons (Fsp3) is 0.652. The molecule has 0 aliphatic heterocycles. The van der Waals surface area contributed by atoms with Crippen molar-refractivity contribution in [2.45, 2.75) is 62.8 Å². The molecular weight excluding hydrogens is 400 g/mol. The van der Waals surface area contributed by atoms with Crippen LogP contribution >= 0.6 is 0 Å². The molecule has 0 saturated heterocycles. The van der Waals surface area contributed by atoms with E-state index in [0.717, 1.165) is 42.6 Å². The highest BCUT2D eigenvalue weighted by Crippen LogP contribution is 2.60. The van der Waals surface area contributed by atoms with Crippen LogP contribution in [0.25, 0.3) is 0 Å². The normalized spacial score (nSPS) is 30.7. The molecule has 1 aromatic rings. The summed E-state index contributed by atoms with van der Waals surface area (Å²) >= 11 is 0. The van der Waals surface area contributed by atoms with Gasteiger partial charge in [-0.1, -0.05) is 12.1 Å². The molecule has 4 saturated carbocycles. The van der Waals surface area contributed by atoms with Crippen molar-refractivity contribution < 1.29 is 18.0 Å². The maximum Gasteiger partial charge on any atom is 0.226 e. The lowest BCUT2D eigenvalue weighted by molar-refractivity contribution is -0.146. The van der Waals surface area contributed by atoms with Crippen molar-refractivity contribution >= 4 is 21.7 Å². The molecule has 1 atom stereocenters. The van der Waals surface area contributed by atoms with E-state index in [4.69, 9.17) is 0 Å². The Labute approximate surface area is 179 Å². The summed E-state index contributed by atoms with van der Waals surface area (Å²) in [4.78, 5) is 25.5. The molecule has 0 heterocycles. The number of carbonyl (C=O) groups is 2. The van der Waals surface area contributed by atoms with Crippen molar-refractivity contribution in [3.05, 3.63) is 29.8 Å². The van der Waals surface area contributed by atoms with Gasteiger partial charge < -0.3 is 10.6 Å². The van der Waals surface area contributed by atoms with Crippen LogP contribution in [-0.2, 0) is 19.4 Å². The van der Waals surface area contributed by atoms with Crippen molar-refractivity contribution in [3.63, 3.8) is 0 Å². The molecule has 2 N–H and O–H groups in total. The number of amides is 2. The average Bonchev–Trinajstić information content (AvgIpc) is 2.66. The molecule has 2 amide bonds. The van der Waals surface area contributed by atoms with E-state index < -0.39 is 9.84 Å². The van der Waals surface area contributed by atoms with E-state index in [9.17, 15) is 18.0 Å². The maximum absolute atomic E-state index is 12.9. The number of sulfone groups is 1. The summed E-state index contributed by atoms with van der Waals surface area (Å²) < 4.78 is 23.1. The van der Waals surface area contributed by atoms with Gasteiger partial charge in [0, 0.05) is 24.6 Å². The molecule has 164 valence electrons. The first-order valence-electron chi connectivity index (χ1n) is 11.0. The Kier molecular flexibility index (Phi) is 5.68. The largest absolute Gasteiger partial charge is 0.355 e. The third kappa shape index (κ3) is 4.41. The van der Waals surface area contributed by atoms with Gasteiger partial charge in [-0.3, -0.25) is 9.59 Å². The van der Waals surface area contributed by atoms with Gasteiger partial charge >= 0.3 is 0 Å². The van der Waals surface area contributed by atoms with E-state index in [-0.39, 0.29) is 34.6 Å². The molecule has 0 radical (unpaired) electrons. The van der Waals surface area contributed by atoms with Gasteiger partial charge in [0.2, 0.25) is 11.8 Å². The Balaban J connectivity index is 1.24. The van der Waals surface area contributed by atoms with E-state index in [0.29, 0.717) is 6.54 Å². The van der Waals surface area contributed by atoms with E-state index >= 15 is 0 Å². The zero-order valence-electron chi connectivity index (χ0n) is 17.8. The SMILES string of the molecule is C[C@@H](NC(=O)CCNC(=O)C12CC3CC(CC(C3)C1)C2)c1ccc(S(C)(=O)=O)cc1. The minimum atomic E-state index is -3.23. The smallest absolute Gasteiger partial charge is 0.226 e. The van der Waals surface area contributed by atoms with Crippen LogP contribution in [0.15, 0.2) is 29.2 Å². The fourth-order valence-electron chi connectivity index (χ4n) is 6.27. The molecule has 4 aliphatic carbocycles. The van der Waals surface area contributed by atoms with Crippen LogP contribution in [0.1, 0.15) is 63.5 Å². The summed E-state index contributed by atoms with van der Waals surface area (Å²) in [6.45, 7) is 2.22. The number of rotatable bonds is 7. The van der Waals surface area contributed by atoms with Gasteiger partial charge in [0.25, 0.3) is 0 Å². The van der Waals surface area contributed by atoms with E-state index in [1.807, 2.05) is 6.92 Å². The predicted octanol–water partition coefficient (Wildman–Crippen LogP) is 2.99. The van der Waals surface area contributed by atoms with Gasteiger partial charge in [-0.15, -0.1) is 0 Å². The van der Waals surface area contributed by atoms with Crippen LogP contribution in [0.2, 0.25) is 0 Å². The van der Waals surface area contributed by atoms with E-state index in [1.54, 1.807) is 24.3 Å². The summed E-state index contributed by atoms with van der Waals surface area (Å²) in [7, 11) is -3.23. The number of nitrogens with one attached hydrogen (secondary N) is 2. The summed E-state index contributed by atoms with van der Waals surface area (Å²) in [5.74, 6) is 2.19. The van der Waals surface area contributed by atoms with Crippen LogP contribution in [0.4, 0.5) is 0 Å². The molecule has 4 aliphatic rings. The first-order valence-corrected chi connectivity index (χ1v) is 12.9. The molecule has 0 unspecified atom stereocenters. The molecule has 5 rings (SSSR count). The van der Waals surface area contributed by atoms with Gasteiger partial charge in [0.05, 0.1) is 10.9 Å². The molecule has 0 aromatic heterocycles. The molecule has 4 bridgehead atoms. The molecule has 30 heavy (non-hydrogen) atoms. The zero-order valence-corrected chi connectivity index (χ0v) is 18.6. The predicted molar refractivity (Wildman–Crippen MR) is 114 cm³/mol. The zero-order chi connectivity index (χ0) is 21.5. The lowest BCUT2D eigenvalue weighted by Crippen LogP contribution is -2.53. The second-order valence-corrected chi connectivity index (χ2v) is 11.8. The number of benzene rings is 1. The summed E-state index contributed by atoms with van der Waals surface area (Å²) in [6.07, 6.45) is 8.40. The minimum absolute atomic E-state index is 0.125. The highest BCUT2D eigenvalue weighted by molar-refractivity contribution is 7.90. The van der Waals surface area contributed by atoms with Crippen molar-refractivity contribution in [1.29, 1.82) is 0 Å². The Bertz CT molecular complexity index is 888. The Morgan fingerprint density at radius 3 is 2.07 bits per heavy atom. The second-order valence-electron chi connectivity index (χ2n) is 9.83. The molecule has 4 fully saturated rings. The number of hydrogen-bond donors (Lipinski definition) is 2.